The van der Waals surface area contributed by atoms with Gasteiger partial charge in [-0.05, 0) is 26.0 Å². The van der Waals surface area contributed by atoms with E-state index in [9.17, 15) is 9.90 Å². The number of fused-ring (bicyclic) bond motifs is 1. The van der Waals surface area contributed by atoms with Crippen molar-refractivity contribution < 1.29 is 14.3 Å². The first-order valence-electron chi connectivity index (χ1n) is 8.91. The number of aliphatic hydroxyl groups excluding tert-OH is 1. The number of hydrogen-bond donors (Lipinski definition) is 3. The fourth-order valence-electron chi connectivity index (χ4n) is 2.87. The van der Waals surface area contributed by atoms with Crippen LogP contribution in [0, 0.1) is 6.92 Å². The number of rotatable bonds is 5. The van der Waals surface area contributed by atoms with Gasteiger partial charge in [0.05, 0.1) is 12.3 Å². The zero-order valence-corrected chi connectivity index (χ0v) is 15.8. The molecule has 4 rings (SSSR count). The number of hydrogen-bond acceptors (Lipinski definition) is 8. The fourth-order valence-corrected chi connectivity index (χ4v) is 2.87. The molecule has 0 spiro atoms. The van der Waals surface area contributed by atoms with Crippen LogP contribution >= 0.6 is 0 Å². The Balaban J connectivity index is 1.87. The molecule has 4 N–H and O–H groups in total. The topological polar surface area (TPSA) is 144 Å². The average Bonchev–Trinajstić information content (AvgIpc) is 3.36. The van der Waals surface area contributed by atoms with Crippen LogP contribution in [0.4, 0.5) is 5.82 Å². The third-order valence-corrected chi connectivity index (χ3v) is 4.29. The molecule has 1 unspecified atom stereocenters. The number of nitrogens with zero attached hydrogens (tertiary/aromatic N) is 5. The molecule has 4 aromatic rings. The highest BCUT2D eigenvalue weighted by Crippen LogP contribution is 2.30. The van der Waals surface area contributed by atoms with Gasteiger partial charge < -0.3 is 25.0 Å². The van der Waals surface area contributed by atoms with Crippen molar-refractivity contribution in [1.29, 1.82) is 0 Å². The zero-order chi connectivity index (χ0) is 20.5. The molecule has 4 aromatic heterocycles. The van der Waals surface area contributed by atoms with Gasteiger partial charge in [0.25, 0.3) is 5.91 Å². The van der Waals surface area contributed by atoms with Crippen LogP contribution < -0.4 is 11.1 Å². The maximum absolute atomic E-state index is 12.5. The summed E-state index contributed by atoms with van der Waals surface area (Å²) in [7, 11) is 0. The normalized spacial score (nSPS) is 12.2. The summed E-state index contributed by atoms with van der Waals surface area (Å²) in [5, 5.41) is 12.0. The molecule has 29 heavy (non-hydrogen) atoms. The summed E-state index contributed by atoms with van der Waals surface area (Å²) in [4.78, 5) is 29.8. The highest BCUT2D eigenvalue weighted by molar-refractivity contribution is 5.97. The Morgan fingerprint density at radius 1 is 1.31 bits per heavy atom. The third-order valence-electron chi connectivity index (χ3n) is 4.29. The molecule has 0 fully saturated rings. The second-order valence-electron chi connectivity index (χ2n) is 6.60. The number of aliphatic hydroxyl groups is 1. The van der Waals surface area contributed by atoms with Crippen LogP contribution in [0.15, 0.2) is 41.4 Å². The van der Waals surface area contributed by atoms with E-state index in [1.54, 1.807) is 13.1 Å². The van der Waals surface area contributed by atoms with Gasteiger partial charge in [0.1, 0.15) is 17.6 Å². The van der Waals surface area contributed by atoms with Crippen molar-refractivity contribution in [2.45, 2.75) is 20.0 Å². The molecule has 0 aromatic carbocycles. The summed E-state index contributed by atoms with van der Waals surface area (Å²) < 4.78 is 7.29. The zero-order valence-electron chi connectivity index (χ0n) is 15.8. The molecule has 0 saturated carbocycles. The van der Waals surface area contributed by atoms with Gasteiger partial charge in [-0.3, -0.25) is 4.79 Å². The van der Waals surface area contributed by atoms with E-state index in [1.165, 1.54) is 12.5 Å². The first-order valence-corrected chi connectivity index (χ1v) is 8.91. The first kappa shape index (κ1) is 18.6. The van der Waals surface area contributed by atoms with E-state index in [-0.39, 0.29) is 23.9 Å². The molecule has 1 atom stereocenters. The lowest BCUT2D eigenvalue weighted by atomic mass is 10.1. The maximum atomic E-state index is 12.5. The van der Waals surface area contributed by atoms with Crippen LogP contribution in [0.25, 0.3) is 28.5 Å². The van der Waals surface area contributed by atoms with Crippen molar-refractivity contribution >= 4 is 17.4 Å². The minimum Gasteiger partial charge on any atom is -0.443 e. The molecule has 0 saturated heterocycles. The Morgan fingerprint density at radius 2 is 2.14 bits per heavy atom. The number of carbonyl (C=O) groups excluding carboxylic acids is 1. The monoisotopic (exact) mass is 393 g/mol. The Hall–Kier alpha value is -3.79. The molecule has 0 bridgehead atoms. The molecule has 0 aliphatic heterocycles. The lowest BCUT2D eigenvalue weighted by Crippen LogP contribution is -2.32. The van der Waals surface area contributed by atoms with E-state index < -0.39 is 12.0 Å². The first-order chi connectivity index (χ1) is 13.9. The second kappa shape index (κ2) is 7.32. The Morgan fingerprint density at radius 3 is 2.86 bits per heavy atom. The predicted octanol–water partition coefficient (Wildman–Crippen LogP) is 1.45. The van der Waals surface area contributed by atoms with Crippen molar-refractivity contribution in [3.05, 3.63) is 48.4 Å². The standard InChI is InChI=1S/C19H19N7O3/c1-10-7-22-13-4-3-12(9-26(10)13)14-15(19-21-5-6-29-19)25-17(20)16(24-14)18(28)23-8-11(2)27/h3-7,9,11,27H,8H2,1-2H3,(H2,20,25)(H,23,28). The molecule has 10 nitrogen and oxygen atoms in total. The van der Waals surface area contributed by atoms with Gasteiger partial charge in [-0.1, -0.05) is 0 Å². The fraction of sp³-hybridized carbons (Fsp3) is 0.211. The summed E-state index contributed by atoms with van der Waals surface area (Å²) in [6.45, 7) is 3.56. The molecular weight excluding hydrogens is 374 g/mol. The number of aryl methyl sites for hydroxylation is 1. The van der Waals surface area contributed by atoms with E-state index in [1.807, 2.05) is 29.7 Å². The molecule has 1 amide bonds. The highest BCUT2D eigenvalue weighted by Gasteiger charge is 2.22. The summed E-state index contributed by atoms with van der Waals surface area (Å²) >= 11 is 0. The van der Waals surface area contributed by atoms with Crippen molar-refractivity contribution in [3.8, 4) is 22.8 Å². The summed E-state index contributed by atoms with van der Waals surface area (Å²) in [5.41, 5.74) is 9.07. The molecule has 0 aliphatic carbocycles. The Kier molecular flexibility index (Phi) is 4.69. The number of nitrogen functional groups attached to an aromatic ring is 1. The molecule has 10 heteroatoms. The number of oxazole rings is 1. The minimum atomic E-state index is -0.703. The van der Waals surface area contributed by atoms with Crippen molar-refractivity contribution in [2.75, 3.05) is 12.3 Å². The number of aromatic nitrogens is 5. The van der Waals surface area contributed by atoms with E-state index in [2.05, 4.69) is 25.3 Å². The molecule has 0 radical (unpaired) electrons. The minimum absolute atomic E-state index is 0.0431. The van der Waals surface area contributed by atoms with Gasteiger partial charge in [-0.15, -0.1) is 0 Å². The Bertz CT molecular complexity index is 1180. The van der Waals surface area contributed by atoms with Gasteiger partial charge >= 0.3 is 0 Å². The summed E-state index contributed by atoms with van der Waals surface area (Å²) in [6.07, 6.45) is 5.82. The molecule has 148 valence electrons. The lowest BCUT2D eigenvalue weighted by molar-refractivity contribution is 0.0920. The largest absolute Gasteiger partial charge is 0.443 e. The van der Waals surface area contributed by atoms with Crippen LogP contribution in [0.5, 0.6) is 0 Å². The number of imidazole rings is 1. The van der Waals surface area contributed by atoms with Crippen LogP contribution in [0.3, 0.4) is 0 Å². The smallest absolute Gasteiger partial charge is 0.273 e. The SMILES string of the molecule is Cc1cnc2ccc(-c3nc(C(=O)NCC(C)O)c(N)nc3-c3ncco3)cn12. The van der Waals surface area contributed by atoms with Crippen LogP contribution in [-0.4, -0.2) is 48.0 Å². The maximum Gasteiger partial charge on any atom is 0.273 e. The van der Waals surface area contributed by atoms with Gasteiger partial charge in [-0.25, -0.2) is 19.9 Å². The van der Waals surface area contributed by atoms with Crippen LogP contribution in [0.2, 0.25) is 0 Å². The number of nitrogens with one attached hydrogen (secondary N) is 1. The van der Waals surface area contributed by atoms with Crippen LogP contribution in [0.1, 0.15) is 23.1 Å². The van der Waals surface area contributed by atoms with Gasteiger partial charge in [0.15, 0.2) is 17.2 Å². The van der Waals surface area contributed by atoms with Gasteiger partial charge in [0.2, 0.25) is 5.89 Å². The molecule has 0 aliphatic rings. The van der Waals surface area contributed by atoms with Crippen LogP contribution in [-0.2, 0) is 0 Å². The average molecular weight is 393 g/mol. The number of amides is 1. The molecule has 4 heterocycles. The highest BCUT2D eigenvalue weighted by atomic mass is 16.3. The second-order valence-corrected chi connectivity index (χ2v) is 6.60. The van der Waals surface area contributed by atoms with E-state index in [0.717, 1.165) is 11.3 Å². The van der Waals surface area contributed by atoms with Gasteiger partial charge in [0, 0.05) is 30.2 Å². The number of anilines is 1. The van der Waals surface area contributed by atoms with Crippen molar-refractivity contribution in [3.63, 3.8) is 0 Å². The van der Waals surface area contributed by atoms with E-state index in [4.69, 9.17) is 10.2 Å². The quantitative estimate of drug-likeness (QED) is 0.462. The van der Waals surface area contributed by atoms with Crippen molar-refractivity contribution in [2.24, 2.45) is 0 Å². The number of carbonyl (C=O) groups is 1. The summed E-state index contributed by atoms with van der Waals surface area (Å²) in [5.74, 6) is -0.362. The number of pyridine rings is 1. The van der Waals surface area contributed by atoms with E-state index >= 15 is 0 Å². The van der Waals surface area contributed by atoms with E-state index in [0.29, 0.717) is 17.0 Å². The third kappa shape index (κ3) is 3.52. The van der Waals surface area contributed by atoms with Crippen molar-refractivity contribution in [1.82, 2.24) is 29.7 Å². The molecular formula is C19H19N7O3. The predicted molar refractivity (Wildman–Crippen MR) is 105 cm³/mol. The van der Waals surface area contributed by atoms with Gasteiger partial charge in [-0.2, -0.15) is 0 Å². The lowest BCUT2D eigenvalue weighted by Gasteiger charge is -2.12. The summed E-state index contributed by atoms with van der Waals surface area (Å²) in [6, 6.07) is 3.67. The Labute approximate surface area is 165 Å². The number of nitrogens with two attached hydrogens (primary N) is 1.